The van der Waals surface area contributed by atoms with Crippen molar-refractivity contribution in [3.05, 3.63) is 28.5 Å². The first-order valence-corrected chi connectivity index (χ1v) is 8.77. The predicted molar refractivity (Wildman–Crippen MR) is 77.8 cm³/mol. The number of carboxylic acid groups (broad SMARTS) is 1. The molecule has 116 valence electrons. The standard InChI is InChI=1S/C13H15BrFNO4S/c14-9-3-6-11(15)12(7-9)21(19,20)16-10-4-1-8(2-5-10)13(17)18/h3,6-8,10,16H,1-2,4-5H2,(H,17,18). The lowest BCUT2D eigenvalue weighted by Crippen LogP contribution is -2.39. The summed E-state index contributed by atoms with van der Waals surface area (Å²) < 4.78 is 41.0. The van der Waals surface area contributed by atoms with Gasteiger partial charge in [-0.25, -0.2) is 17.5 Å². The van der Waals surface area contributed by atoms with Crippen LogP contribution < -0.4 is 4.72 Å². The molecule has 1 aromatic carbocycles. The van der Waals surface area contributed by atoms with Crippen molar-refractivity contribution in [3.8, 4) is 0 Å². The average molecular weight is 380 g/mol. The molecular weight excluding hydrogens is 365 g/mol. The van der Waals surface area contributed by atoms with Crippen LogP contribution >= 0.6 is 15.9 Å². The Hall–Kier alpha value is -0.990. The molecule has 0 bridgehead atoms. The largest absolute Gasteiger partial charge is 0.481 e. The van der Waals surface area contributed by atoms with E-state index in [1.165, 1.54) is 12.1 Å². The van der Waals surface area contributed by atoms with Crippen molar-refractivity contribution in [3.63, 3.8) is 0 Å². The second kappa shape index (κ2) is 6.41. The van der Waals surface area contributed by atoms with Crippen LogP contribution in [0.1, 0.15) is 25.7 Å². The molecule has 1 fully saturated rings. The van der Waals surface area contributed by atoms with Gasteiger partial charge in [0.15, 0.2) is 0 Å². The maximum absolute atomic E-state index is 13.7. The molecule has 2 rings (SSSR count). The van der Waals surface area contributed by atoms with Crippen LogP contribution in [-0.2, 0) is 14.8 Å². The Morgan fingerprint density at radius 2 is 1.90 bits per heavy atom. The van der Waals surface area contributed by atoms with Crippen molar-refractivity contribution in [1.29, 1.82) is 0 Å². The van der Waals surface area contributed by atoms with Crippen molar-refractivity contribution >= 4 is 31.9 Å². The molecule has 5 nitrogen and oxygen atoms in total. The number of sulfonamides is 1. The zero-order chi connectivity index (χ0) is 15.6. The van der Waals surface area contributed by atoms with Crippen LogP contribution in [0.15, 0.2) is 27.6 Å². The van der Waals surface area contributed by atoms with Gasteiger partial charge in [0.25, 0.3) is 0 Å². The van der Waals surface area contributed by atoms with Gasteiger partial charge in [-0.1, -0.05) is 15.9 Å². The molecule has 0 radical (unpaired) electrons. The fraction of sp³-hybridized carbons (Fsp3) is 0.462. The molecule has 0 amide bonds. The summed E-state index contributed by atoms with van der Waals surface area (Å²) in [5.41, 5.74) is 0. The van der Waals surface area contributed by atoms with Gasteiger partial charge in [0.1, 0.15) is 10.7 Å². The van der Waals surface area contributed by atoms with Crippen LogP contribution in [0.5, 0.6) is 0 Å². The van der Waals surface area contributed by atoms with Crippen LogP contribution in [0.25, 0.3) is 0 Å². The van der Waals surface area contributed by atoms with Crippen molar-refractivity contribution in [2.45, 2.75) is 36.6 Å². The molecule has 0 heterocycles. The van der Waals surface area contributed by atoms with Gasteiger partial charge in [0.05, 0.1) is 5.92 Å². The summed E-state index contributed by atoms with van der Waals surface area (Å²) in [6, 6.07) is 3.36. The second-order valence-corrected chi connectivity index (χ2v) is 7.68. The SMILES string of the molecule is O=C(O)C1CCC(NS(=O)(=O)c2cc(Br)ccc2F)CC1. The fourth-order valence-corrected chi connectivity index (χ4v) is 4.35. The lowest BCUT2D eigenvalue weighted by molar-refractivity contribution is -0.142. The number of halogens is 2. The van der Waals surface area contributed by atoms with E-state index in [0.29, 0.717) is 30.2 Å². The lowest BCUT2D eigenvalue weighted by atomic mass is 9.87. The summed E-state index contributed by atoms with van der Waals surface area (Å²) in [5.74, 6) is -2.09. The quantitative estimate of drug-likeness (QED) is 0.841. The Bertz CT molecular complexity index is 642. The van der Waals surface area contributed by atoms with Crippen LogP contribution in [0, 0.1) is 11.7 Å². The molecule has 0 saturated heterocycles. The van der Waals surface area contributed by atoms with Gasteiger partial charge < -0.3 is 5.11 Å². The van der Waals surface area contributed by atoms with Gasteiger partial charge in [-0.3, -0.25) is 4.79 Å². The van der Waals surface area contributed by atoms with Gasteiger partial charge in [0.2, 0.25) is 10.0 Å². The zero-order valence-electron chi connectivity index (χ0n) is 11.1. The predicted octanol–water partition coefficient (Wildman–Crippen LogP) is 2.51. The van der Waals surface area contributed by atoms with Gasteiger partial charge in [-0.15, -0.1) is 0 Å². The van der Waals surface area contributed by atoms with E-state index in [-0.39, 0.29) is 6.04 Å². The minimum absolute atomic E-state index is 0.357. The topological polar surface area (TPSA) is 83.5 Å². The molecule has 0 unspecified atom stereocenters. The maximum atomic E-state index is 13.7. The molecule has 1 saturated carbocycles. The smallest absolute Gasteiger partial charge is 0.306 e. The third-order valence-electron chi connectivity index (χ3n) is 3.58. The first-order valence-electron chi connectivity index (χ1n) is 6.50. The van der Waals surface area contributed by atoms with Crippen LogP contribution in [0.4, 0.5) is 4.39 Å². The van der Waals surface area contributed by atoms with Crippen LogP contribution in [0.2, 0.25) is 0 Å². The number of carboxylic acids is 1. The summed E-state index contributed by atoms with van der Waals surface area (Å²) in [6.07, 6.45) is 1.71. The number of rotatable bonds is 4. The minimum atomic E-state index is -3.95. The third kappa shape index (κ3) is 4.02. The lowest BCUT2D eigenvalue weighted by Gasteiger charge is -2.26. The zero-order valence-corrected chi connectivity index (χ0v) is 13.5. The Morgan fingerprint density at radius 1 is 1.29 bits per heavy atom. The highest BCUT2D eigenvalue weighted by Gasteiger charge is 2.29. The van der Waals surface area contributed by atoms with E-state index in [0.717, 1.165) is 6.07 Å². The summed E-state index contributed by atoms with van der Waals surface area (Å²) in [7, 11) is -3.95. The van der Waals surface area contributed by atoms with Crippen molar-refractivity contribution in [2.75, 3.05) is 0 Å². The number of nitrogens with one attached hydrogen (secondary N) is 1. The van der Waals surface area contributed by atoms with Crippen molar-refractivity contribution < 1.29 is 22.7 Å². The molecule has 2 N–H and O–H groups in total. The van der Waals surface area contributed by atoms with Crippen LogP contribution in [-0.4, -0.2) is 25.5 Å². The molecular formula is C13H15BrFNO4S. The number of hydrogen-bond donors (Lipinski definition) is 2. The molecule has 8 heteroatoms. The number of benzene rings is 1. The maximum Gasteiger partial charge on any atom is 0.306 e. The van der Waals surface area contributed by atoms with E-state index in [2.05, 4.69) is 20.7 Å². The highest BCUT2D eigenvalue weighted by atomic mass is 79.9. The van der Waals surface area contributed by atoms with E-state index in [4.69, 9.17) is 5.11 Å². The Kier molecular flexibility index (Phi) is 5.00. The normalized spacial score (nSPS) is 23.0. The Balaban J connectivity index is 2.09. The summed E-state index contributed by atoms with van der Waals surface area (Å²) >= 11 is 3.11. The van der Waals surface area contributed by atoms with E-state index in [1.807, 2.05) is 0 Å². The monoisotopic (exact) mass is 379 g/mol. The van der Waals surface area contributed by atoms with Gasteiger partial charge in [-0.05, 0) is 43.9 Å². The third-order valence-corrected chi connectivity index (χ3v) is 5.61. The van der Waals surface area contributed by atoms with Gasteiger partial charge in [-0.2, -0.15) is 0 Å². The summed E-state index contributed by atoms with van der Waals surface area (Å²) in [5, 5.41) is 8.91. The molecule has 0 aromatic heterocycles. The second-order valence-electron chi connectivity index (χ2n) is 5.08. The number of carbonyl (C=O) groups is 1. The molecule has 21 heavy (non-hydrogen) atoms. The van der Waals surface area contributed by atoms with E-state index < -0.39 is 32.6 Å². The molecule has 0 atom stereocenters. The minimum Gasteiger partial charge on any atom is -0.481 e. The first kappa shape index (κ1) is 16.4. The van der Waals surface area contributed by atoms with Crippen LogP contribution in [0.3, 0.4) is 0 Å². The van der Waals surface area contributed by atoms with Gasteiger partial charge >= 0.3 is 5.97 Å². The number of hydrogen-bond acceptors (Lipinski definition) is 3. The molecule has 1 aliphatic carbocycles. The molecule has 0 spiro atoms. The van der Waals surface area contributed by atoms with E-state index >= 15 is 0 Å². The Labute approximate surface area is 130 Å². The number of aliphatic carboxylic acids is 1. The Morgan fingerprint density at radius 3 is 2.48 bits per heavy atom. The highest BCUT2D eigenvalue weighted by Crippen LogP contribution is 2.26. The first-order chi connectivity index (χ1) is 9.79. The van der Waals surface area contributed by atoms with Crippen molar-refractivity contribution in [1.82, 2.24) is 4.72 Å². The molecule has 1 aliphatic rings. The van der Waals surface area contributed by atoms with Crippen molar-refractivity contribution in [2.24, 2.45) is 5.92 Å². The van der Waals surface area contributed by atoms with E-state index in [9.17, 15) is 17.6 Å². The average Bonchev–Trinajstić information content (AvgIpc) is 2.41. The summed E-state index contributed by atoms with van der Waals surface area (Å²) in [6.45, 7) is 0. The highest BCUT2D eigenvalue weighted by molar-refractivity contribution is 9.10. The summed E-state index contributed by atoms with van der Waals surface area (Å²) in [4.78, 5) is 10.5. The molecule has 0 aliphatic heterocycles. The molecule has 1 aromatic rings. The van der Waals surface area contributed by atoms with Gasteiger partial charge in [0, 0.05) is 10.5 Å². The van der Waals surface area contributed by atoms with E-state index in [1.54, 1.807) is 0 Å². The fourth-order valence-electron chi connectivity index (χ4n) is 2.42.